The van der Waals surface area contributed by atoms with Gasteiger partial charge in [-0.2, -0.15) is 0 Å². The molecule has 0 aromatic carbocycles. The summed E-state index contributed by atoms with van der Waals surface area (Å²) in [4.78, 5) is 18.3. The Morgan fingerprint density at radius 3 is 3.00 bits per heavy atom. The van der Waals surface area contributed by atoms with Crippen LogP contribution in [0.3, 0.4) is 0 Å². The molecule has 0 aliphatic heterocycles. The van der Waals surface area contributed by atoms with Crippen molar-refractivity contribution in [2.75, 3.05) is 0 Å². The SMILES string of the molecule is CCc1c[nH]c2ncc(C)c(C=O)c12. The highest BCUT2D eigenvalue weighted by molar-refractivity contribution is 5.98. The Labute approximate surface area is 82.2 Å². The van der Waals surface area contributed by atoms with Crippen molar-refractivity contribution in [2.45, 2.75) is 20.3 Å². The molecule has 0 saturated heterocycles. The van der Waals surface area contributed by atoms with Gasteiger partial charge in [-0.15, -0.1) is 0 Å². The number of aldehydes is 1. The molecule has 2 aromatic rings. The molecule has 2 aromatic heterocycles. The minimum absolute atomic E-state index is 0.758. The Morgan fingerprint density at radius 1 is 1.57 bits per heavy atom. The molecule has 0 radical (unpaired) electrons. The number of pyridine rings is 1. The molecule has 0 saturated carbocycles. The summed E-state index contributed by atoms with van der Waals surface area (Å²) in [6, 6.07) is 0. The maximum absolute atomic E-state index is 11.0. The molecule has 3 heteroatoms. The van der Waals surface area contributed by atoms with Crippen LogP contribution in [0, 0.1) is 6.92 Å². The number of nitrogens with zero attached hydrogens (tertiary/aromatic N) is 1. The van der Waals surface area contributed by atoms with Crippen molar-refractivity contribution in [3.8, 4) is 0 Å². The van der Waals surface area contributed by atoms with E-state index < -0.39 is 0 Å². The third-order valence-corrected chi connectivity index (χ3v) is 2.52. The van der Waals surface area contributed by atoms with Crippen LogP contribution in [-0.2, 0) is 6.42 Å². The summed E-state index contributed by atoms with van der Waals surface area (Å²) < 4.78 is 0. The van der Waals surface area contributed by atoms with Gasteiger partial charge in [0, 0.05) is 23.3 Å². The standard InChI is InChI=1S/C11H12N2O/c1-3-8-5-13-11-10(8)9(6-14)7(2)4-12-11/h4-6H,3H2,1-2H3,(H,12,13). The Hall–Kier alpha value is -1.64. The van der Waals surface area contributed by atoms with Gasteiger partial charge in [-0.1, -0.05) is 6.92 Å². The van der Waals surface area contributed by atoms with Gasteiger partial charge < -0.3 is 4.98 Å². The molecule has 3 nitrogen and oxygen atoms in total. The summed E-state index contributed by atoms with van der Waals surface area (Å²) in [6.45, 7) is 3.97. The number of hydrogen-bond donors (Lipinski definition) is 1. The monoisotopic (exact) mass is 188 g/mol. The van der Waals surface area contributed by atoms with E-state index in [1.165, 1.54) is 0 Å². The van der Waals surface area contributed by atoms with E-state index in [-0.39, 0.29) is 0 Å². The zero-order valence-corrected chi connectivity index (χ0v) is 8.29. The molecule has 0 unspecified atom stereocenters. The van der Waals surface area contributed by atoms with E-state index in [0.29, 0.717) is 0 Å². The number of carbonyl (C=O) groups excluding carboxylic acids is 1. The Bertz CT molecular complexity index is 485. The van der Waals surface area contributed by atoms with Crippen molar-refractivity contribution in [1.29, 1.82) is 0 Å². The number of hydrogen-bond acceptors (Lipinski definition) is 2. The van der Waals surface area contributed by atoms with Crippen LogP contribution in [0.2, 0.25) is 0 Å². The molecule has 0 atom stereocenters. The van der Waals surface area contributed by atoms with Crippen molar-refractivity contribution in [3.63, 3.8) is 0 Å². The predicted octanol–water partition coefficient (Wildman–Crippen LogP) is 2.25. The zero-order valence-electron chi connectivity index (χ0n) is 8.29. The van der Waals surface area contributed by atoms with Gasteiger partial charge in [0.25, 0.3) is 0 Å². The lowest BCUT2D eigenvalue weighted by Gasteiger charge is -2.01. The lowest BCUT2D eigenvalue weighted by molar-refractivity contribution is 0.112. The van der Waals surface area contributed by atoms with E-state index in [1.807, 2.05) is 13.1 Å². The quantitative estimate of drug-likeness (QED) is 0.734. The first kappa shape index (κ1) is 8.94. The largest absolute Gasteiger partial charge is 0.346 e. The molecule has 14 heavy (non-hydrogen) atoms. The Balaban J connectivity index is 2.88. The number of nitrogens with one attached hydrogen (secondary N) is 1. The number of aromatic nitrogens is 2. The molecule has 0 spiro atoms. The summed E-state index contributed by atoms with van der Waals surface area (Å²) in [5, 5.41) is 0.975. The summed E-state index contributed by atoms with van der Waals surface area (Å²) in [5.41, 5.74) is 3.64. The third-order valence-electron chi connectivity index (χ3n) is 2.52. The topological polar surface area (TPSA) is 45.8 Å². The van der Waals surface area contributed by atoms with Crippen LogP contribution in [0.5, 0.6) is 0 Å². The molecule has 0 amide bonds. The number of H-pyrrole nitrogens is 1. The smallest absolute Gasteiger partial charge is 0.151 e. The summed E-state index contributed by atoms with van der Waals surface area (Å²) >= 11 is 0. The number of carbonyl (C=O) groups is 1. The van der Waals surface area contributed by atoms with Crippen LogP contribution >= 0.6 is 0 Å². The second kappa shape index (κ2) is 3.25. The van der Waals surface area contributed by atoms with E-state index in [9.17, 15) is 4.79 Å². The highest BCUT2D eigenvalue weighted by atomic mass is 16.1. The van der Waals surface area contributed by atoms with Gasteiger partial charge >= 0.3 is 0 Å². The maximum atomic E-state index is 11.0. The van der Waals surface area contributed by atoms with Crippen molar-refractivity contribution < 1.29 is 4.79 Å². The van der Waals surface area contributed by atoms with Crippen LogP contribution in [-0.4, -0.2) is 16.3 Å². The van der Waals surface area contributed by atoms with Crippen molar-refractivity contribution >= 4 is 17.3 Å². The van der Waals surface area contributed by atoms with E-state index in [4.69, 9.17) is 0 Å². The summed E-state index contributed by atoms with van der Waals surface area (Å²) in [7, 11) is 0. The number of aryl methyl sites for hydroxylation is 2. The highest BCUT2D eigenvalue weighted by Gasteiger charge is 2.09. The molecular formula is C11H12N2O. The number of fused-ring (bicyclic) bond motifs is 1. The fourth-order valence-electron chi connectivity index (χ4n) is 1.71. The Kier molecular flexibility index (Phi) is 2.08. The fourth-order valence-corrected chi connectivity index (χ4v) is 1.71. The number of aromatic amines is 1. The van der Waals surface area contributed by atoms with Gasteiger partial charge in [-0.25, -0.2) is 4.98 Å². The van der Waals surface area contributed by atoms with Gasteiger partial charge in [0.05, 0.1) is 0 Å². The van der Waals surface area contributed by atoms with Crippen molar-refractivity contribution in [3.05, 3.63) is 29.1 Å². The minimum Gasteiger partial charge on any atom is -0.346 e. The van der Waals surface area contributed by atoms with Gasteiger partial charge in [-0.05, 0) is 24.5 Å². The average molecular weight is 188 g/mol. The van der Waals surface area contributed by atoms with Gasteiger partial charge in [0.2, 0.25) is 0 Å². The van der Waals surface area contributed by atoms with Crippen molar-refractivity contribution in [1.82, 2.24) is 9.97 Å². The van der Waals surface area contributed by atoms with Crippen molar-refractivity contribution in [2.24, 2.45) is 0 Å². The molecule has 2 heterocycles. The molecular weight excluding hydrogens is 176 g/mol. The van der Waals surface area contributed by atoms with Gasteiger partial charge in [0.1, 0.15) is 5.65 Å². The van der Waals surface area contributed by atoms with E-state index in [0.717, 1.165) is 40.4 Å². The lowest BCUT2D eigenvalue weighted by atomic mass is 10.0. The van der Waals surface area contributed by atoms with Crippen LogP contribution in [0.4, 0.5) is 0 Å². The fraction of sp³-hybridized carbons (Fsp3) is 0.273. The summed E-state index contributed by atoms with van der Waals surface area (Å²) in [5.74, 6) is 0. The lowest BCUT2D eigenvalue weighted by Crippen LogP contribution is -1.91. The summed E-state index contributed by atoms with van der Waals surface area (Å²) in [6.07, 6.45) is 5.46. The minimum atomic E-state index is 0.758. The molecule has 0 aliphatic carbocycles. The average Bonchev–Trinajstić information content (AvgIpc) is 2.61. The Morgan fingerprint density at radius 2 is 2.36 bits per heavy atom. The molecule has 0 fully saturated rings. The van der Waals surface area contributed by atoms with E-state index in [2.05, 4.69) is 16.9 Å². The molecule has 72 valence electrons. The second-order valence-corrected chi connectivity index (χ2v) is 3.36. The third kappa shape index (κ3) is 1.13. The highest BCUT2D eigenvalue weighted by Crippen LogP contribution is 2.22. The number of rotatable bonds is 2. The van der Waals surface area contributed by atoms with Crippen LogP contribution in [0.15, 0.2) is 12.4 Å². The normalized spacial score (nSPS) is 10.7. The van der Waals surface area contributed by atoms with Gasteiger partial charge in [-0.3, -0.25) is 4.79 Å². The first-order valence-electron chi connectivity index (χ1n) is 4.68. The molecule has 1 N–H and O–H groups in total. The maximum Gasteiger partial charge on any atom is 0.151 e. The molecule has 2 rings (SSSR count). The molecule has 0 aliphatic rings. The first-order valence-corrected chi connectivity index (χ1v) is 4.68. The first-order chi connectivity index (χ1) is 6.77. The predicted molar refractivity (Wildman–Crippen MR) is 55.6 cm³/mol. The van der Waals surface area contributed by atoms with Gasteiger partial charge in [0.15, 0.2) is 6.29 Å². The second-order valence-electron chi connectivity index (χ2n) is 3.36. The van der Waals surface area contributed by atoms with Crippen LogP contribution < -0.4 is 0 Å². The van der Waals surface area contributed by atoms with E-state index >= 15 is 0 Å². The van der Waals surface area contributed by atoms with Crippen LogP contribution in [0.25, 0.3) is 11.0 Å². The zero-order chi connectivity index (χ0) is 10.1. The van der Waals surface area contributed by atoms with E-state index in [1.54, 1.807) is 6.20 Å². The van der Waals surface area contributed by atoms with Crippen LogP contribution in [0.1, 0.15) is 28.4 Å². The molecule has 0 bridgehead atoms.